The van der Waals surface area contributed by atoms with Gasteiger partial charge in [0, 0.05) is 51.9 Å². The predicted octanol–water partition coefficient (Wildman–Crippen LogP) is -0.250. The van der Waals surface area contributed by atoms with Gasteiger partial charge >= 0.3 is 0 Å². The van der Waals surface area contributed by atoms with Gasteiger partial charge in [-0.25, -0.2) is 4.39 Å². The van der Waals surface area contributed by atoms with Crippen LogP contribution in [0.5, 0.6) is 5.75 Å². The van der Waals surface area contributed by atoms with E-state index in [-0.39, 0.29) is 37.3 Å². The molecule has 0 spiro atoms. The molecule has 1 aliphatic rings. The minimum absolute atomic E-state index is 0.00966. The minimum atomic E-state index is -0.600. The Kier molecular flexibility index (Phi) is 8.66. The number of hydrogen-bond donors (Lipinski definition) is 2. The monoisotopic (exact) mass is 410 g/mol. The maximum absolute atomic E-state index is 14.4. The third kappa shape index (κ3) is 7.22. The smallest absolute Gasteiger partial charge is 0.293 e. The Morgan fingerprint density at radius 3 is 2.72 bits per heavy atom. The number of rotatable bonds is 10. The van der Waals surface area contributed by atoms with Gasteiger partial charge in [-0.1, -0.05) is 0 Å². The summed E-state index contributed by atoms with van der Waals surface area (Å²) in [5, 5.41) is 5.73. The number of anilines is 1. The van der Waals surface area contributed by atoms with Gasteiger partial charge in [-0.15, -0.1) is 0 Å². The lowest BCUT2D eigenvalue weighted by molar-refractivity contribution is -0.134. The number of ether oxygens (including phenoxy) is 2. The molecule has 2 N–H and O–H groups in total. The highest BCUT2D eigenvalue weighted by Gasteiger charge is 2.18. The number of carbonyl (C=O) groups excluding carboxylic acids is 3. The van der Waals surface area contributed by atoms with Gasteiger partial charge in [-0.3, -0.25) is 14.4 Å². The molecule has 0 unspecified atom stereocenters. The Labute approximate surface area is 169 Å². The first-order valence-corrected chi connectivity index (χ1v) is 9.36. The second-order valence-corrected chi connectivity index (χ2v) is 6.71. The summed E-state index contributed by atoms with van der Waals surface area (Å²) in [5.74, 6) is -1.03. The molecule has 160 valence electrons. The van der Waals surface area contributed by atoms with E-state index < -0.39 is 11.9 Å². The normalized spacial score (nSPS) is 14.7. The number of nitrogens with one attached hydrogen (secondary N) is 2. The van der Waals surface area contributed by atoms with Gasteiger partial charge < -0.3 is 29.9 Å². The van der Waals surface area contributed by atoms with Gasteiger partial charge in [-0.05, 0) is 12.1 Å². The van der Waals surface area contributed by atoms with Gasteiger partial charge in [0.25, 0.3) is 12.4 Å². The lowest BCUT2D eigenvalue weighted by atomic mass is 10.2. The van der Waals surface area contributed by atoms with Crippen LogP contribution in [0.25, 0.3) is 0 Å². The third-order valence-corrected chi connectivity index (χ3v) is 4.48. The molecule has 0 aliphatic carbocycles. The predicted molar refractivity (Wildman–Crippen MR) is 104 cm³/mol. The fourth-order valence-corrected chi connectivity index (χ4v) is 2.89. The van der Waals surface area contributed by atoms with Crippen molar-refractivity contribution < 1.29 is 28.2 Å². The number of likely N-dealkylation sites (N-methyl/N-ethyl adjacent to an activating group) is 1. The van der Waals surface area contributed by atoms with Gasteiger partial charge in [0.15, 0.2) is 18.2 Å². The lowest BCUT2D eigenvalue weighted by Crippen LogP contribution is -2.47. The molecule has 0 radical (unpaired) electrons. The average Bonchev–Trinajstić information content (AvgIpc) is 2.71. The minimum Gasteiger partial charge on any atom is -0.481 e. The number of carbonyl (C=O) groups is 3. The van der Waals surface area contributed by atoms with E-state index in [9.17, 15) is 18.8 Å². The summed E-state index contributed by atoms with van der Waals surface area (Å²) < 4.78 is 24.7. The summed E-state index contributed by atoms with van der Waals surface area (Å²) in [6, 6.07) is 4.38. The van der Waals surface area contributed by atoms with Crippen LogP contribution in [0.4, 0.5) is 10.1 Å². The summed E-state index contributed by atoms with van der Waals surface area (Å²) in [5.41, 5.74) is 0.533. The van der Waals surface area contributed by atoms with E-state index in [1.54, 1.807) is 22.9 Å². The molecule has 1 saturated heterocycles. The van der Waals surface area contributed by atoms with Crippen LogP contribution in [-0.4, -0.2) is 82.2 Å². The lowest BCUT2D eigenvalue weighted by Gasteiger charge is -2.27. The molecular weight excluding hydrogens is 383 g/mol. The molecule has 1 atom stereocenters. The molecule has 1 aromatic rings. The van der Waals surface area contributed by atoms with Crippen molar-refractivity contribution in [3.05, 3.63) is 24.0 Å². The molecule has 1 aromatic carbocycles. The van der Waals surface area contributed by atoms with Crippen LogP contribution in [0.15, 0.2) is 18.2 Å². The van der Waals surface area contributed by atoms with Crippen molar-refractivity contribution in [2.24, 2.45) is 0 Å². The van der Waals surface area contributed by atoms with Gasteiger partial charge in [-0.2, -0.15) is 0 Å². The van der Waals surface area contributed by atoms with Crippen molar-refractivity contribution in [3.8, 4) is 5.75 Å². The Hall–Kier alpha value is -2.88. The molecule has 1 fully saturated rings. The Morgan fingerprint density at radius 1 is 1.38 bits per heavy atom. The zero-order valence-corrected chi connectivity index (χ0v) is 16.7. The largest absolute Gasteiger partial charge is 0.481 e. The Morgan fingerprint density at radius 2 is 2.10 bits per heavy atom. The molecule has 2 amide bonds. The maximum Gasteiger partial charge on any atom is 0.293 e. The maximum atomic E-state index is 14.4. The number of amides is 2. The molecule has 10 heteroatoms. The van der Waals surface area contributed by atoms with Crippen molar-refractivity contribution in [1.82, 2.24) is 15.5 Å². The molecule has 2 rings (SSSR count). The highest BCUT2D eigenvalue weighted by atomic mass is 19.1. The topological polar surface area (TPSA) is 100 Å². The zero-order chi connectivity index (χ0) is 21.2. The van der Waals surface area contributed by atoms with E-state index in [2.05, 4.69) is 10.6 Å². The van der Waals surface area contributed by atoms with Crippen molar-refractivity contribution in [3.63, 3.8) is 0 Å². The molecule has 1 aliphatic heterocycles. The van der Waals surface area contributed by atoms with Crippen molar-refractivity contribution in [1.29, 1.82) is 0 Å². The van der Waals surface area contributed by atoms with Gasteiger partial charge in [0.05, 0.1) is 13.1 Å². The van der Waals surface area contributed by atoms with E-state index in [1.165, 1.54) is 19.1 Å². The van der Waals surface area contributed by atoms with Gasteiger partial charge in [0.2, 0.25) is 5.91 Å². The van der Waals surface area contributed by atoms with Gasteiger partial charge in [0.1, 0.15) is 6.10 Å². The van der Waals surface area contributed by atoms with Crippen LogP contribution in [-0.2, 0) is 19.1 Å². The summed E-state index contributed by atoms with van der Waals surface area (Å²) in [6.07, 6.45) is -0.586. The van der Waals surface area contributed by atoms with E-state index in [0.717, 1.165) is 13.1 Å². The van der Waals surface area contributed by atoms with Crippen LogP contribution >= 0.6 is 0 Å². The molecule has 0 bridgehead atoms. The molecule has 29 heavy (non-hydrogen) atoms. The second kappa shape index (κ2) is 11.2. The molecule has 0 aromatic heterocycles. The fraction of sp³-hybridized carbons (Fsp3) is 0.526. The number of hydrogen-bond acceptors (Lipinski definition) is 7. The fourth-order valence-electron chi connectivity index (χ4n) is 2.89. The van der Waals surface area contributed by atoms with E-state index in [0.29, 0.717) is 25.2 Å². The summed E-state index contributed by atoms with van der Waals surface area (Å²) in [7, 11) is 1.71. The first-order chi connectivity index (χ1) is 13.9. The molecule has 9 nitrogen and oxygen atoms in total. The second-order valence-electron chi connectivity index (χ2n) is 6.71. The average molecular weight is 410 g/mol. The number of halogens is 1. The third-order valence-electron chi connectivity index (χ3n) is 4.48. The SMILES string of the molecule is CC(=O)NC[C@@H](CN(C)c1ccc(OCC(=O)N2CCNCC2)c(F)c1)OC=O. The summed E-state index contributed by atoms with van der Waals surface area (Å²) >= 11 is 0. The van der Waals surface area contributed by atoms with Crippen LogP contribution in [0.3, 0.4) is 0 Å². The highest BCUT2D eigenvalue weighted by Crippen LogP contribution is 2.23. The molecule has 1 heterocycles. The van der Waals surface area contributed by atoms with Crippen LogP contribution < -0.4 is 20.3 Å². The van der Waals surface area contributed by atoms with E-state index >= 15 is 0 Å². The number of piperazine rings is 1. The summed E-state index contributed by atoms with van der Waals surface area (Å²) in [6.45, 7) is 4.54. The van der Waals surface area contributed by atoms with Crippen LogP contribution in [0, 0.1) is 5.82 Å². The van der Waals surface area contributed by atoms with Crippen LogP contribution in [0.2, 0.25) is 0 Å². The quantitative estimate of drug-likeness (QED) is 0.513. The number of benzene rings is 1. The highest BCUT2D eigenvalue weighted by molar-refractivity contribution is 5.78. The summed E-state index contributed by atoms with van der Waals surface area (Å²) in [4.78, 5) is 37.2. The van der Waals surface area contributed by atoms with Crippen molar-refractivity contribution in [2.75, 3.05) is 57.8 Å². The van der Waals surface area contributed by atoms with Crippen molar-refractivity contribution >= 4 is 24.0 Å². The number of nitrogens with zero attached hydrogens (tertiary/aromatic N) is 2. The first-order valence-electron chi connectivity index (χ1n) is 9.36. The Bertz CT molecular complexity index is 712. The van der Waals surface area contributed by atoms with E-state index in [4.69, 9.17) is 9.47 Å². The van der Waals surface area contributed by atoms with E-state index in [1.807, 2.05) is 0 Å². The molecular formula is C19H27FN4O5. The first kappa shape index (κ1) is 22.4. The molecule has 0 saturated carbocycles. The van der Waals surface area contributed by atoms with Crippen LogP contribution in [0.1, 0.15) is 6.92 Å². The zero-order valence-electron chi connectivity index (χ0n) is 16.7. The van der Waals surface area contributed by atoms with Crippen molar-refractivity contribution in [2.45, 2.75) is 13.0 Å². The standard InChI is InChI=1S/C19H27FN4O5/c1-14(26)22-10-16(29-13-25)11-23(2)15-3-4-18(17(20)9-15)28-12-19(27)24-7-5-21-6-8-24/h3-4,9,13,16,21H,5-8,10-12H2,1-2H3,(H,22,26)/t16-/m0/s1. The Balaban J connectivity index is 1.91.